The summed E-state index contributed by atoms with van der Waals surface area (Å²) < 4.78 is 41.7. The van der Waals surface area contributed by atoms with Crippen molar-refractivity contribution in [1.29, 1.82) is 0 Å². The van der Waals surface area contributed by atoms with Crippen LogP contribution in [0.15, 0.2) is 75.6 Å². The number of carbonyl (C=O) groups is 1. The van der Waals surface area contributed by atoms with Crippen LogP contribution in [0.1, 0.15) is 15.2 Å². The summed E-state index contributed by atoms with van der Waals surface area (Å²) >= 11 is 4.57. The van der Waals surface area contributed by atoms with Crippen LogP contribution in [0.5, 0.6) is 0 Å². The van der Waals surface area contributed by atoms with Crippen LogP contribution in [-0.4, -0.2) is 14.2 Å². The maximum Gasteiger partial charge on any atom is 0.270 e. The molecule has 0 bridgehead atoms. The summed E-state index contributed by atoms with van der Waals surface area (Å²) in [6.45, 7) is -0.00794. The zero-order chi connectivity index (χ0) is 20.6. The van der Waals surface area contributed by atoms with Gasteiger partial charge in [-0.25, -0.2) is 12.8 Å². The molecule has 5 nitrogen and oxygen atoms in total. The van der Waals surface area contributed by atoms with Crippen LogP contribution in [0.4, 0.5) is 15.8 Å². The molecule has 0 unspecified atom stereocenters. The van der Waals surface area contributed by atoms with Crippen molar-refractivity contribution < 1.29 is 17.6 Å². The highest BCUT2D eigenvalue weighted by Crippen LogP contribution is 2.39. The van der Waals surface area contributed by atoms with Crippen molar-refractivity contribution in [2.45, 2.75) is 6.54 Å². The topological polar surface area (TPSA) is 66.5 Å². The van der Waals surface area contributed by atoms with Crippen LogP contribution in [0, 0.1) is 5.82 Å². The molecule has 9 heteroatoms. The quantitative estimate of drug-likeness (QED) is 0.512. The van der Waals surface area contributed by atoms with Gasteiger partial charge < -0.3 is 5.32 Å². The van der Waals surface area contributed by atoms with Gasteiger partial charge in [-0.05, 0) is 57.2 Å². The Labute approximate surface area is 179 Å². The number of carbonyl (C=O) groups excluding carboxylic acids is 1. The summed E-state index contributed by atoms with van der Waals surface area (Å²) in [6.07, 6.45) is 1.22. The molecule has 29 heavy (non-hydrogen) atoms. The number of rotatable bonds is 4. The number of allylic oxidation sites excluding steroid dienone is 1. The van der Waals surface area contributed by atoms with Gasteiger partial charge in [0.05, 0.1) is 17.9 Å². The van der Waals surface area contributed by atoms with Crippen molar-refractivity contribution in [3.63, 3.8) is 0 Å². The van der Waals surface area contributed by atoms with Gasteiger partial charge in [-0.3, -0.25) is 9.10 Å². The van der Waals surface area contributed by atoms with E-state index in [1.165, 1.54) is 46.1 Å². The number of para-hydroxylation sites is 1. The van der Waals surface area contributed by atoms with Gasteiger partial charge >= 0.3 is 0 Å². The number of hydrogen-bond acceptors (Lipinski definition) is 5. The number of benzene rings is 2. The second-order valence-electron chi connectivity index (χ2n) is 6.24. The van der Waals surface area contributed by atoms with E-state index in [9.17, 15) is 17.6 Å². The third kappa shape index (κ3) is 3.73. The standard InChI is InChI=1S/C20H14BrFN2O3S2/c21-15-3-1-2-4-16(15)23-11-18-19(25)20-17(9-10-28-20)24(29(18,26)27)12-13-5-7-14(22)8-6-13/h1-11,23H,12H2. The van der Waals surface area contributed by atoms with Crippen LogP contribution < -0.4 is 9.62 Å². The normalized spacial score (nSPS) is 16.7. The van der Waals surface area contributed by atoms with Crippen LogP contribution >= 0.6 is 27.3 Å². The average Bonchev–Trinajstić information content (AvgIpc) is 3.17. The number of halogens is 2. The number of sulfonamides is 1. The second kappa shape index (κ2) is 7.74. The fourth-order valence-corrected chi connectivity index (χ4v) is 5.82. The highest BCUT2D eigenvalue weighted by Gasteiger charge is 2.41. The van der Waals surface area contributed by atoms with Crippen molar-refractivity contribution in [2.75, 3.05) is 9.62 Å². The smallest absolute Gasteiger partial charge is 0.270 e. The van der Waals surface area contributed by atoms with E-state index in [0.717, 1.165) is 4.47 Å². The fraction of sp³-hybridized carbons (Fsp3) is 0.0500. The first-order chi connectivity index (χ1) is 13.9. The van der Waals surface area contributed by atoms with Gasteiger partial charge in [0.2, 0.25) is 5.78 Å². The van der Waals surface area contributed by atoms with E-state index in [2.05, 4.69) is 21.2 Å². The van der Waals surface area contributed by atoms with Crippen molar-refractivity contribution >= 4 is 54.4 Å². The number of hydrogen-bond donors (Lipinski definition) is 1. The van der Waals surface area contributed by atoms with Crippen molar-refractivity contribution in [3.8, 4) is 0 Å². The molecule has 4 rings (SSSR count). The fourth-order valence-electron chi connectivity index (χ4n) is 2.93. The van der Waals surface area contributed by atoms with Gasteiger partial charge in [0, 0.05) is 10.7 Å². The highest BCUT2D eigenvalue weighted by molar-refractivity contribution is 9.10. The van der Waals surface area contributed by atoms with Gasteiger partial charge in [-0.1, -0.05) is 24.3 Å². The largest absolute Gasteiger partial charge is 0.359 e. The zero-order valence-corrected chi connectivity index (χ0v) is 18.0. The lowest BCUT2D eigenvalue weighted by Crippen LogP contribution is -2.38. The van der Waals surface area contributed by atoms with Crippen LogP contribution in [-0.2, 0) is 16.6 Å². The third-order valence-electron chi connectivity index (χ3n) is 4.38. The number of fused-ring (bicyclic) bond motifs is 1. The SMILES string of the molecule is O=C1C(=CNc2ccccc2Br)S(=O)(=O)N(Cc2ccc(F)cc2)c2ccsc21. The maximum absolute atomic E-state index is 13.3. The Balaban J connectivity index is 1.75. The lowest BCUT2D eigenvalue weighted by Gasteiger charge is -2.29. The molecule has 0 spiro atoms. The second-order valence-corrected chi connectivity index (χ2v) is 9.84. The molecule has 1 aliphatic heterocycles. The molecule has 0 saturated carbocycles. The minimum Gasteiger partial charge on any atom is -0.359 e. The van der Waals surface area contributed by atoms with Crippen molar-refractivity contribution in [3.05, 3.63) is 91.8 Å². The van der Waals surface area contributed by atoms with Crippen LogP contribution in [0.2, 0.25) is 0 Å². The molecule has 2 heterocycles. The van der Waals surface area contributed by atoms with Gasteiger partial charge in [0.1, 0.15) is 10.7 Å². The lowest BCUT2D eigenvalue weighted by molar-refractivity contribution is 0.104. The molecule has 3 aromatic rings. The van der Waals surface area contributed by atoms with E-state index in [0.29, 0.717) is 21.8 Å². The van der Waals surface area contributed by atoms with Gasteiger partial charge in [-0.2, -0.15) is 0 Å². The molecule has 1 aliphatic rings. The third-order valence-corrected chi connectivity index (χ3v) is 7.74. The Morgan fingerprint density at radius 2 is 1.83 bits per heavy atom. The number of nitrogens with one attached hydrogen (secondary N) is 1. The number of anilines is 2. The maximum atomic E-state index is 13.3. The predicted octanol–water partition coefficient (Wildman–Crippen LogP) is 5.14. The van der Waals surface area contributed by atoms with E-state index >= 15 is 0 Å². The van der Waals surface area contributed by atoms with Gasteiger partial charge in [-0.15, -0.1) is 11.3 Å². The average molecular weight is 493 g/mol. The van der Waals surface area contributed by atoms with E-state index in [1.54, 1.807) is 29.6 Å². The Bertz CT molecular complexity index is 1220. The molecule has 0 fully saturated rings. The number of ketones is 1. The molecule has 0 atom stereocenters. The molecule has 0 saturated heterocycles. The number of nitrogens with zero attached hydrogens (tertiary/aromatic N) is 1. The van der Waals surface area contributed by atoms with Crippen molar-refractivity contribution in [1.82, 2.24) is 0 Å². The van der Waals surface area contributed by atoms with Crippen LogP contribution in [0.3, 0.4) is 0 Å². The lowest BCUT2D eigenvalue weighted by atomic mass is 10.2. The summed E-state index contributed by atoms with van der Waals surface area (Å²) in [4.78, 5) is 12.9. The molecule has 0 aliphatic carbocycles. The monoisotopic (exact) mass is 492 g/mol. The Kier molecular flexibility index (Phi) is 5.28. The molecule has 0 radical (unpaired) electrons. The Hall–Kier alpha value is -2.49. The number of Topliss-reactive ketones (excluding diaryl/α,β-unsaturated/α-hetero) is 1. The number of thiophene rings is 1. The van der Waals surface area contributed by atoms with E-state index in [4.69, 9.17) is 0 Å². The van der Waals surface area contributed by atoms with E-state index in [-0.39, 0.29) is 11.4 Å². The first-order valence-corrected chi connectivity index (χ1v) is 11.6. The summed E-state index contributed by atoms with van der Waals surface area (Å²) in [7, 11) is -4.11. The summed E-state index contributed by atoms with van der Waals surface area (Å²) in [5.74, 6) is -0.954. The first kappa shape index (κ1) is 19.8. The molecule has 1 aromatic heterocycles. The van der Waals surface area contributed by atoms with E-state index < -0.39 is 21.6 Å². The summed E-state index contributed by atoms with van der Waals surface area (Å²) in [5.41, 5.74) is 1.58. The van der Waals surface area contributed by atoms with Gasteiger partial charge in [0.15, 0.2) is 4.91 Å². The van der Waals surface area contributed by atoms with E-state index in [1.807, 2.05) is 6.07 Å². The molecular weight excluding hydrogens is 479 g/mol. The molecule has 148 valence electrons. The van der Waals surface area contributed by atoms with Crippen molar-refractivity contribution in [2.24, 2.45) is 0 Å². The van der Waals surface area contributed by atoms with Gasteiger partial charge in [0.25, 0.3) is 10.0 Å². The van der Waals surface area contributed by atoms with Crippen LogP contribution in [0.25, 0.3) is 0 Å². The molecule has 2 aromatic carbocycles. The minimum atomic E-state index is -4.11. The minimum absolute atomic E-state index is 0.00794. The zero-order valence-electron chi connectivity index (χ0n) is 14.8. The molecule has 0 amide bonds. The molecular formula is C20H14BrFN2O3S2. The Morgan fingerprint density at radius 3 is 2.55 bits per heavy atom. The summed E-state index contributed by atoms with van der Waals surface area (Å²) in [6, 6.07) is 14.4. The first-order valence-electron chi connectivity index (χ1n) is 8.48. The highest BCUT2D eigenvalue weighted by atomic mass is 79.9. The Morgan fingerprint density at radius 1 is 1.10 bits per heavy atom. The summed E-state index contributed by atoms with van der Waals surface area (Å²) in [5, 5.41) is 4.58. The predicted molar refractivity (Wildman–Crippen MR) is 116 cm³/mol. The molecule has 1 N–H and O–H groups in total.